The molecule has 1 saturated heterocycles. The minimum Gasteiger partial charge on any atom is -0.491 e. The second kappa shape index (κ2) is 9.34. The van der Waals surface area contributed by atoms with Crippen molar-refractivity contribution in [2.24, 2.45) is 0 Å². The van der Waals surface area contributed by atoms with Crippen molar-refractivity contribution in [3.8, 4) is 5.75 Å². The SMILES string of the molecule is COCCOc1ccc(C(=O)N2CCCC(c3cc(C(F)F)n4ncnc4n3)C2)cc1. The molecule has 2 aromatic heterocycles. The maximum absolute atomic E-state index is 13.5. The van der Waals surface area contributed by atoms with Crippen molar-refractivity contribution in [1.29, 1.82) is 0 Å². The molecule has 0 aliphatic carbocycles. The molecule has 0 spiro atoms. The van der Waals surface area contributed by atoms with Gasteiger partial charge in [-0.05, 0) is 43.2 Å². The van der Waals surface area contributed by atoms with Crippen LogP contribution in [0.3, 0.4) is 0 Å². The molecule has 0 bridgehead atoms. The largest absolute Gasteiger partial charge is 0.491 e. The first-order chi connectivity index (χ1) is 15.1. The fourth-order valence-electron chi connectivity index (χ4n) is 3.74. The van der Waals surface area contributed by atoms with Gasteiger partial charge in [-0.1, -0.05) is 0 Å². The van der Waals surface area contributed by atoms with Crippen molar-refractivity contribution in [1.82, 2.24) is 24.5 Å². The number of fused-ring (bicyclic) bond motifs is 1. The predicted molar refractivity (Wildman–Crippen MR) is 107 cm³/mol. The van der Waals surface area contributed by atoms with Crippen molar-refractivity contribution in [3.05, 3.63) is 53.6 Å². The van der Waals surface area contributed by atoms with E-state index >= 15 is 0 Å². The van der Waals surface area contributed by atoms with E-state index in [-0.39, 0.29) is 23.3 Å². The molecule has 0 radical (unpaired) electrons. The summed E-state index contributed by atoms with van der Waals surface area (Å²) in [7, 11) is 1.60. The van der Waals surface area contributed by atoms with Gasteiger partial charge in [0.15, 0.2) is 0 Å². The Labute approximate surface area is 177 Å². The van der Waals surface area contributed by atoms with Crippen LogP contribution in [0.5, 0.6) is 5.75 Å². The third-order valence-electron chi connectivity index (χ3n) is 5.31. The van der Waals surface area contributed by atoms with Gasteiger partial charge >= 0.3 is 0 Å². The van der Waals surface area contributed by atoms with E-state index in [2.05, 4.69) is 15.1 Å². The van der Waals surface area contributed by atoms with Gasteiger partial charge in [-0.2, -0.15) is 14.6 Å². The number of hydrogen-bond acceptors (Lipinski definition) is 6. The zero-order valence-electron chi connectivity index (χ0n) is 17.1. The Morgan fingerprint density at radius 2 is 2.06 bits per heavy atom. The van der Waals surface area contributed by atoms with Crippen LogP contribution in [0.1, 0.15) is 46.9 Å². The van der Waals surface area contributed by atoms with Crippen LogP contribution in [0.2, 0.25) is 0 Å². The molecule has 1 aliphatic heterocycles. The Hall–Kier alpha value is -3.14. The molecule has 0 N–H and O–H groups in total. The van der Waals surface area contributed by atoms with Crippen molar-refractivity contribution in [3.63, 3.8) is 0 Å². The standard InChI is InChI=1S/C21H23F2N5O3/c1-30-9-10-31-16-6-4-14(5-7-16)20(29)27-8-2-3-15(12-27)17-11-18(19(22)23)28-21(26-17)24-13-25-28/h4-7,11,13,15,19H,2-3,8-10,12H2,1H3. The van der Waals surface area contributed by atoms with E-state index in [4.69, 9.17) is 9.47 Å². The molecule has 1 unspecified atom stereocenters. The second-order valence-electron chi connectivity index (χ2n) is 7.33. The molecule has 8 nitrogen and oxygen atoms in total. The van der Waals surface area contributed by atoms with Crippen LogP contribution in [-0.4, -0.2) is 63.8 Å². The zero-order chi connectivity index (χ0) is 21.8. The van der Waals surface area contributed by atoms with Crippen LogP contribution >= 0.6 is 0 Å². The molecular weight excluding hydrogens is 408 g/mol. The number of amides is 1. The number of carbonyl (C=O) groups is 1. The summed E-state index contributed by atoms with van der Waals surface area (Å²) in [5.74, 6) is 0.551. The fourth-order valence-corrected chi connectivity index (χ4v) is 3.74. The Kier molecular flexibility index (Phi) is 6.36. The van der Waals surface area contributed by atoms with E-state index in [0.29, 0.717) is 43.3 Å². The number of nitrogens with zero attached hydrogens (tertiary/aromatic N) is 5. The Morgan fingerprint density at radius 3 is 2.81 bits per heavy atom. The summed E-state index contributed by atoms with van der Waals surface area (Å²) < 4.78 is 38.5. The van der Waals surface area contributed by atoms with Crippen LogP contribution in [0.4, 0.5) is 8.78 Å². The lowest BCUT2D eigenvalue weighted by molar-refractivity contribution is 0.0705. The molecule has 3 heterocycles. The Balaban J connectivity index is 1.48. The Morgan fingerprint density at radius 1 is 1.26 bits per heavy atom. The summed E-state index contributed by atoms with van der Waals surface area (Å²) in [6.07, 6.45) is 0.0304. The van der Waals surface area contributed by atoms with E-state index in [9.17, 15) is 13.6 Å². The zero-order valence-corrected chi connectivity index (χ0v) is 17.1. The number of methoxy groups -OCH3 is 1. The molecule has 10 heteroatoms. The van der Waals surface area contributed by atoms with Crippen LogP contribution in [0.15, 0.2) is 36.7 Å². The first-order valence-corrected chi connectivity index (χ1v) is 10.1. The lowest BCUT2D eigenvalue weighted by atomic mass is 9.93. The summed E-state index contributed by atoms with van der Waals surface area (Å²) in [6, 6.07) is 8.32. The molecule has 1 aromatic carbocycles. The quantitative estimate of drug-likeness (QED) is 0.535. The van der Waals surface area contributed by atoms with Gasteiger partial charge in [0.25, 0.3) is 18.1 Å². The molecule has 1 fully saturated rings. The lowest BCUT2D eigenvalue weighted by Crippen LogP contribution is -2.39. The molecule has 1 aliphatic rings. The van der Waals surface area contributed by atoms with Gasteiger partial charge in [0.1, 0.15) is 24.4 Å². The van der Waals surface area contributed by atoms with E-state index in [1.807, 2.05) is 0 Å². The highest BCUT2D eigenvalue weighted by molar-refractivity contribution is 5.94. The normalized spacial score (nSPS) is 16.8. The van der Waals surface area contributed by atoms with E-state index in [0.717, 1.165) is 17.4 Å². The van der Waals surface area contributed by atoms with Gasteiger partial charge in [-0.25, -0.2) is 13.8 Å². The molecule has 3 aromatic rings. The summed E-state index contributed by atoms with van der Waals surface area (Å²) in [5, 5.41) is 3.82. The minimum atomic E-state index is -2.70. The highest BCUT2D eigenvalue weighted by Crippen LogP contribution is 2.29. The summed E-state index contributed by atoms with van der Waals surface area (Å²) in [5.41, 5.74) is 0.814. The van der Waals surface area contributed by atoms with Gasteiger partial charge in [0.2, 0.25) is 0 Å². The van der Waals surface area contributed by atoms with E-state index < -0.39 is 6.43 Å². The Bertz CT molecular complexity index is 1040. The third kappa shape index (κ3) is 4.63. The number of carbonyl (C=O) groups excluding carboxylic acids is 1. The number of hydrogen-bond donors (Lipinski definition) is 0. The van der Waals surface area contributed by atoms with Crippen LogP contribution in [0, 0.1) is 0 Å². The van der Waals surface area contributed by atoms with E-state index in [1.54, 1.807) is 36.3 Å². The third-order valence-corrected chi connectivity index (χ3v) is 5.31. The highest BCUT2D eigenvalue weighted by Gasteiger charge is 2.28. The molecule has 1 amide bonds. The lowest BCUT2D eigenvalue weighted by Gasteiger charge is -2.32. The average Bonchev–Trinajstić information content (AvgIpc) is 3.27. The first kappa shape index (κ1) is 21.1. The minimum absolute atomic E-state index is 0.106. The molecule has 4 rings (SSSR count). The summed E-state index contributed by atoms with van der Waals surface area (Å²) in [6.45, 7) is 1.93. The molecule has 1 atom stereocenters. The number of ether oxygens (including phenoxy) is 2. The number of benzene rings is 1. The van der Waals surface area contributed by atoms with Gasteiger partial charge in [0, 0.05) is 31.7 Å². The van der Waals surface area contributed by atoms with Gasteiger partial charge in [0.05, 0.1) is 12.3 Å². The number of rotatable bonds is 7. The van der Waals surface area contributed by atoms with Crippen molar-refractivity contribution >= 4 is 11.7 Å². The van der Waals surface area contributed by atoms with Crippen molar-refractivity contribution < 1.29 is 23.0 Å². The molecule has 31 heavy (non-hydrogen) atoms. The smallest absolute Gasteiger partial charge is 0.280 e. The van der Waals surface area contributed by atoms with Crippen LogP contribution in [0.25, 0.3) is 5.78 Å². The highest BCUT2D eigenvalue weighted by atomic mass is 19.3. The molecule has 0 saturated carbocycles. The maximum Gasteiger partial charge on any atom is 0.280 e. The number of alkyl halides is 2. The van der Waals surface area contributed by atoms with Gasteiger partial charge in [-0.3, -0.25) is 4.79 Å². The second-order valence-corrected chi connectivity index (χ2v) is 7.33. The first-order valence-electron chi connectivity index (χ1n) is 10.1. The maximum atomic E-state index is 13.5. The summed E-state index contributed by atoms with van der Waals surface area (Å²) >= 11 is 0. The van der Waals surface area contributed by atoms with E-state index in [1.165, 1.54) is 12.4 Å². The van der Waals surface area contributed by atoms with Crippen molar-refractivity contribution in [2.45, 2.75) is 25.2 Å². The van der Waals surface area contributed by atoms with Crippen molar-refractivity contribution in [2.75, 3.05) is 33.4 Å². The molecular formula is C21H23F2N5O3. The number of likely N-dealkylation sites (tertiary alicyclic amines) is 1. The monoisotopic (exact) mass is 431 g/mol. The number of aromatic nitrogens is 4. The number of piperidine rings is 1. The van der Waals surface area contributed by atoms with Gasteiger partial charge in [-0.15, -0.1) is 0 Å². The predicted octanol–water partition coefficient (Wildman–Crippen LogP) is 3.11. The van der Waals surface area contributed by atoms with Crippen LogP contribution in [-0.2, 0) is 4.74 Å². The topological polar surface area (TPSA) is 81.9 Å². The van der Waals surface area contributed by atoms with Crippen LogP contribution < -0.4 is 4.74 Å². The summed E-state index contributed by atoms with van der Waals surface area (Å²) in [4.78, 5) is 23.1. The fraction of sp³-hybridized carbons (Fsp3) is 0.429. The molecule has 164 valence electrons. The van der Waals surface area contributed by atoms with Gasteiger partial charge < -0.3 is 14.4 Å². The number of halogens is 2. The average molecular weight is 431 g/mol.